The highest BCUT2D eigenvalue weighted by Crippen LogP contribution is 2.11. The van der Waals surface area contributed by atoms with E-state index in [2.05, 4.69) is 20.5 Å². The number of carbonyl (C=O) groups excluding carboxylic acids is 1. The predicted molar refractivity (Wildman–Crippen MR) is 63.7 cm³/mol. The van der Waals surface area contributed by atoms with Gasteiger partial charge in [-0.15, -0.1) is 0 Å². The summed E-state index contributed by atoms with van der Waals surface area (Å²) in [5.74, 6) is 0.442. The van der Waals surface area contributed by atoms with Gasteiger partial charge in [0.2, 0.25) is 0 Å². The second kappa shape index (κ2) is 4.97. The zero-order valence-corrected chi connectivity index (χ0v) is 9.90. The van der Waals surface area contributed by atoms with Crippen molar-refractivity contribution < 1.29 is 4.79 Å². The number of amides is 1. The molecule has 0 saturated carbocycles. The van der Waals surface area contributed by atoms with Gasteiger partial charge >= 0.3 is 0 Å². The SMILES string of the molecule is CC(NC(=O)c1ccc(Cl)cc1)c1ncn[nH]1. The molecule has 2 rings (SSSR count). The first-order valence-electron chi connectivity index (χ1n) is 5.08. The van der Waals surface area contributed by atoms with E-state index in [-0.39, 0.29) is 11.9 Å². The van der Waals surface area contributed by atoms with Crippen LogP contribution in [0.25, 0.3) is 0 Å². The number of aromatic amines is 1. The summed E-state index contributed by atoms with van der Waals surface area (Å²) in [4.78, 5) is 15.8. The number of halogens is 1. The fourth-order valence-corrected chi connectivity index (χ4v) is 1.50. The number of benzene rings is 1. The average molecular weight is 251 g/mol. The first-order chi connectivity index (χ1) is 8.16. The molecule has 0 aliphatic carbocycles. The zero-order chi connectivity index (χ0) is 12.3. The van der Waals surface area contributed by atoms with Gasteiger partial charge in [-0.25, -0.2) is 4.98 Å². The summed E-state index contributed by atoms with van der Waals surface area (Å²) >= 11 is 5.75. The standard InChI is InChI=1S/C11H11ClN4O/c1-7(10-13-6-14-16-10)15-11(17)8-2-4-9(12)5-3-8/h2-7H,1H3,(H,15,17)(H,13,14,16). The van der Waals surface area contributed by atoms with Gasteiger partial charge in [0.15, 0.2) is 0 Å². The Kier molecular flexibility index (Phi) is 3.39. The molecule has 0 spiro atoms. The Hall–Kier alpha value is -1.88. The Bertz CT molecular complexity index is 495. The lowest BCUT2D eigenvalue weighted by Crippen LogP contribution is -2.27. The van der Waals surface area contributed by atoms with Crippen LogP contribution in [0.15, 0.2) is 30.6 Å². The molecule has 5 nitrogen and oxygen atoms in total. The smallest absolute Gasteiger partial charge is 0.251 e. The van der Waals surface area contributed by atoms with Gasteiger partial charge < -0.3 is 5.32 Å². The monoisotopic (exact) mass is 250 g/mol. The molecule has 0 radical (unpaired) electrons. The van der Waals surface area contributed by atoms with Crippen LogP contribution in [0, 0.1) is 0 Å². The van der Waals surface area contributed by atoms with E-state index >= 15 is 0 Å². The van der Waals surface area contributed by atoms with E-state index in [1.807, 2.05) is 6.92 Å². The second-order valence-electron chi connectivity index (χ2n) is 3.57. The molecule has 1 unspecified atom stereocenters. The third-order valence-corrected chi connectivity index (χ3v) is 2.55. The van der Waals surface area contributed by atoms with Crippen molar-refractivity contribution in [3.63, 3.8) is 0 Å². The van der Waals surface area contributed by atoms with E-state index in [4.69, 9.17) is 11.6 Å². The summed E-state index contributed by atoms with van der Waals surface area (Å²) in [6.07, 6.45) is 1.40. The van der Waals surface area contributed by atoms with Gasteiger partial charge in [-0.05, 0) is 31.2 Å². The highest BCUT2D eigenvalue weighted by atomic mass is 35.5. The van der Waals surface area contributed by atoms with Gasteiger partial charge in [-0.2, -0.15) is 5.10 Å². The van der Waals surface area contributed by atoms with Crippen LogP contribution in [0.5, 0.6) is 0 Å². The van der Waals surface area contributed by atoms with Crippen molar-refractivity contribution in [2.75, 3.05) is 0 Å². The number of rotatable bonds is 3. The van der Waals surface area contributed by atoms with Crippen LogP contribution in [0.1, 0.15) is 29.1 Å². The lowest BCUT2D eigenvalue weighted by Gasteiger charge is -2.10. The molecule has 1 heterocycles. The summed E-state index contributed by atoms with van der Waals surface area (Å²) in [5, 5.41) is 9.84. The van der Waals surface area contributed by atoms with Gasteiger partial charge in [0.05, 0.1) is 6.04 Å². The molecular formula is C11H11ClN4O. The summed E-state index contributed by atoms with van der Waals surface area (Å²) in [5.41, 5.74) is 0.556. The summed E-state index contributed by atoms with van der Waals surface area (Å²) in [6, 6.07) is 6.47. The maximum Gasteiger partial charge on any atom is 0.251 e. The van der Waals surface area contributed by atoms with Crippen LogP contribution in [-0.2, 0) is 0 Å². The van der Waals surface area contributed by atoms with Crippen molar-refractivity contribution in [1.29, 1.82) is 0 Å². The Morgan fingerprint density at radius 1 is 1.41 bits per heavy atom. The van der Waals surface area contributed by atoms with Gasteiger partial charge in [-0.1, -0.05) is 11.6 Å². The molecule has 0 aliphatic heterocycles. The molecule has 0 fully saturated rings. The number of nitrogens with zero attached hydrogens (tertiary/aromatic N) is 2. The molecule has 17 heavy (non-hydrogen) atoms. The molecule has 0 saturated heterocycles. The van der Waals surface area contributed by atoms with Crippen molar-refractivity contribution in [3.05, 3.63) is 47.0 Å². The van der Waals surface area contributed by atoms with Gasteiger partial charge in [-0.3, -0.25) is 9.89 Å². The van der Waals surface area contributed by atoms with Crippen LogP contribution in [0.4, 0.5) is 0 Å². The number of hydrogen-bond donors (Lipinski definition) is 2. The van der Waals surface area contributed by atoms with Crippen LogP contribution in [0.2, 0.25) is 5.02 Å². The fraction of sp³-hybridized carbons (Fsp3) is 0.182. The normalized spacial score (nSPS) is 12.1. The van der Waals surface area contributed by atoms with E-state index in [0.29, 0.717) is 16.4 Å². The summed E-state index contributed by atoms with van der Waals surface area (Å²) in [7, 11) is 0. The molecule has 0 aliphatic rings. The molecule has 6 heteroatoms. The molecule has 1 atom stereocenters. The van der Waals surface area contributed by atoms with Crippen molar-refractivity contribution in [2.24, 2.45) is 0 Å². The number of hydrogen-bond acceptors (Lipinski definition) is 3. The minimum Gasteiger partial charge on any atom is -0.342 e. The van der Waals surface area contributed by atoms with Crippen molar-refractivity contribution in [1.82, 2.24) is 20.5 Å². The van der Waals surface area contributed by atoms with Crippen molar-refractivity contribution in [2.45, 2.75) is 13.0 Å². The zero-order valence-electron chi connectivity index (χ0n) is 9.14. The lowest BCUT2D eigenvalue weighted by atomic mass is 10.2. The molecular weight excluding hydrogens is 240 g/mol. The van der Waals surface area contributed by atoms with E-state index in [1.165, 1.54) is 6.33 Å². The maximum atomic E-state index is 11.8. The topological polar surface area (TPSA) is 70.7 Å². The molecule has 2 N–H and O–H groups in total. The third-order valence-electron chi connectivity index (χ3n) is 2.30. The number of H-pyrrole nitrogens is 1. The number of carbonyl (C=O) groups is 1. The molecule has 0 bridgehead atoms. The fourth-order valence-electron chi connectivity index (χ4n) is 1.37. The van der Waals surface area contributed by atoms with Gasteiger partial charge in [0.1, 0.15) is 12.2 Å². The van der Waals surface area contributed by atoms with Gasteiger partial charge in [0, 0.05) is 10.6 Å². The minimum atomic E-state index is -0.222. The molecule has 1 aromatic carbocycles. The summed E-state index contributed by atoms with van der Waals surface area (Å²) in [6.45, 7) is 1.83. The van der Waals surface area contributed by atoms with Crippen LogP contribution in [0.3, 0.4) is 0 Å². The highest BCUT2D eigenvalue weighted by molar-refractivity contribution is 6.30. The second-order valence-corrected chi connectivity index (χ2v) is 4.01. The predicted octanol–water partition coefficient (Wildman–Crippen LogP) is 1.95. The van der Waals surface area contributed by atoms with Crippen LogP contribution in [-0.4, -0.2) is 21.1 Å². The van der Waals surface area contributed by atoms with Crippen LogP contribution >= 0.6 is 11.6 Å². The van der Waals surface area contributed by atoms with E-state index in [1.54, 1.807) is 24.3 Å². The quantitative estimate of drug-likeness (QED) is 0.875. The highest BCUT2D eigenvalue weighted by Gasteiger charge is 2.12. The van der Waals surface area contributed by atoms with Gasteiger partial charge in [0.25, 0.3) is 5.91 Å². The third kappa shape index (κ3) is 2.82. The molecule has 88 valence electrons. The van der Waals surface area contributed by atoms with Crippen molar-refractivity contribution >= 4 is 17.5 Å². The van der Waals surface area contributed by atoms with E-state index in [0.717, 1.165) is 0 Å². The number of nitrogens with one attached hydrogen (secondary N) is 2. The first kappa shape index (κ1) is 11.6. The first-order valence-corrected chi connectivity index (χ1v) is 5.46. The maximum absolute atomic E-state index is 11.8. The Morgan fingerprint density at radius 3 is 2.71 bits per heavy atom. The van der Waals surface area contributed by atoms with Crippen molar-refractivity contribution in [3.8, 4) is 0 Å². The molecule has 1 aromatic heterocycles. The van der Waals surface area contributed by atoms with Crippen LogP contribution < -0.4 is 5.32 Å². The molecule has 1 amide bonds. The average Bonchev–Trinajstić information content (AvgIpc) is 2.83. The van der Waals surface area contributed by atoms with E-state index < -0.39 is 0 Å². The number of aromatic nitrogens is 3. The lowest BCUT2D eigenvalue weighted by molar-refractivity contribution is 0.0938. The Labute approximate surface area is 103 Å². The Balaban J connectivity index is 2.04. The largest absolute Gasteiger partial charge is 0.342 e. The molecule has 2 aromatic rings. The Morgan fingerprint density at radius 2 is 2.12 bits per heavy atom. The summed E-state index contributed by atoms with van der Waals surface area (Å²) < 4.78 is 0. The minimum absolute atomic E-state index is 0.175. The van der Waals surface area contributed by atoms with E-state index in [9.17, 15) is 4.79 Å².